The average Bonchev–Trinajstić information content (AvgIpc) is 1.59. The van der Waals surface area contributed by atoms with E-state index in [-0.39, 0.29) is 6.61 Å². The number of hydrogen-bond donors (Lipinski definition) is 1. The number of nitrogens with zero attached hydrogens (tertiary/aromatic N) is 1. The van der Waals surface area contributed by atoms with Crippen molar-refractivity contribution in [3.8, 4) is 0 Å². The van der Waals surface area contributed by atoms with Gasteiger partial charge in [-0.05, 0) is 14.1 Å². The first-order chi connectivity index (χ1) is 4.42. The summed E-state index contributed by atoms with van der Waals surface area (Å²) in [7, 11) is -0.122. The lowest BCUT2D eigenvalue weighted by molar-refractivity contribution is 0.265. The van der Waals surface area contributed by atoms with Crippen LogP contribution in [0.1, 0.15) is 0 Å². The summed E-state index contributed by atoms with van der Waals surface area (Å²) in [5.74, 6) is 0. The molecule has 0 saturated carbocycles. The molecule has 0 fully saturated rings. The third-order valence-electron chi connectivity index (χ3n) is 0.786. The molecule has 0 spiro atoms. The molecular formula is C4H12N2O3S. The third-order valence-corrected chi connectivity index (χ3v) is 1.28. The summed E-state index contributed by atoms with van der Waals surface area (Å²) >= 11 is 0. The monoisotopic (exact) mass is 168 g/mol. The van der Waals surface area contributed by atoms with Gasteiger partial charge in [-0.2, -0.15) is 8.42 Å². The van der Waals surface area contributed by atoms with Crippen molar-refractivity contribution in [1.82, 2.24) is 4.90 Å². The Morgan fingerprint density at radius 1 is 1.50 bits per heavy atom. The van der Waals surface area contributed by atoms with Gasteiger partial charge in [-0.25, -0.2) is 5.14 Å². The lowest BCUT2D eigenvalue weighted by atomic mass is 10.6. The normalized spacial score (nSPS) is 12.4. The first kappa shape index (κ1) is 9.83. The molecule has 6 heteroatoms. The molecule has 0 saturated heterocycles. The highest BCUT2D eigenvalue weighted by Gasteiger charge is 2.00. The van der Waals surface area contributed by atoms with Gasteiger partial charge in [0.25, 0.3) is 0 Å². The molecule has 0 aliphatic heterocycles. The molecule has 10 heavy (non-hydrogen) atoms. The molecule has 0 unspecified atom stereocenters. The van der Waals surface area contributed by atoms with Gasteiger partial charge in [-0.3, -0.25) is 4.18 Å². The Morgan fingerprint density at radius 3 is 2.30 bits per heavy atom. The predicted molar refractivity (Wildman–Crippen MR) is 37.6 cm³/mol. The van der Waals surface area contributed by atoms with Gasteiger partial charge in [0.15, 0.2) is 0 Å². The molecule has 5 nitrogen and oxygen atoms in total. The van der Waals surface area contributed by atoms with Crippen LogP contribution in [0.4, 0.5) is 0 Å². The second-order valence-corrected chi connectivity index (χ2v) is 3.34. The van der Waals surface area contributed by atoms with E-state index in [2.05, 4.69) is 9.32 Å². The van der Waals surface area contributed by atoms with Crippen molar-refractivity contribution in [3.05, 3.63) is 0 Å². The summed E-state index contributed by atoms with van der Waals surface area (Å²) in [6.07, 6.45) is 0. The summed E-state index contributed by atoms with van der Waals surface area (Å²) in [4.78, 5) is 1.80. The van der Waals surface area contributed by atoms with Gasteiger partial charge in [-0.1, -0.05) is 0 Å². The van der Waals surface area contributed by atoms with Gasteiger partial charge in [0.2, 0.25) is 0 Å². The SMILES string of the molecule is CN(C)CCOS(N)(=O)=O. The number of rotatable bonds is 4. The lowest BCUT2D eigenvalue weighted by Gasteiger charge is -2.07. The highest BCUT2D eigenvalue weighted by molar-refractivity contribution is 7.84. The zero-order valence-electron chi connectivity index (χ0n) is 6.07. The van der Waals surface area contributed by atoms with Gasteiger partial charge in [0.1, 0.15) is 0 Å². The molecule has 0 aromatic rings. The number of nitrogens with two attached hydrogens (primary N) is 1. The molecule has 0 atom stereocenters. The first-order valence-corrected chi connectivity index (χ1v) is 4.21. The zero-order chi connectivity index (χ0) is 8.20. The van der Waals surface area contributed by atoms with Crippen LogP contribution in [0.5, 0.6) is 0 Å². The van der Waals surface area contributed by atoms with E-state index in [0.29, 0.717) is 6.54 Å². The van der Waals surface area contributed by atoms with Crippen LogP contribution in [0.25, 0.3) is 0 Å². The van der Waals surface area contributed by atoms with Gasteiger partial charge >= 0.3 is 10.3 Å². The molecule has 62 valence electrons. The van der Waals surface area contributed by atoms with Gasteiger partial charge < -0.3 is 4.90 Å². The van der Waals surface area contributed by atoms with Gasteiger partial charge in [-0.15, -0.1) is 0 Å². The summed E-state index contributed by atoms with van der Waals surface area (Å²) in [5, 5.41) is 4.55. The molecule has 0 aliphatic carbocycles. The Bertz CT molecular complexity index is 175. The first-order valence-electron chi connectivity index (χ1n) is 2.74. The number of likely N-dealkylation sites (N-methyl/N-ethyl adjacent to an activating group) is 1. The molecule has 0 amide bonds. The molecule has 0 aromatic heterocycles. The standard InChI is InChI=1S/C4H12N2O3S/c1-6(2)3-4-9-10(5,7)8/h3-4H2,1-2H3,(H2,5,7,8). The Labute approximate surface area is 61.0 Å². The second-order valence-electron chi connectivity index (χ2n) is 2.12. The summed E-state index contributed by atoms with van der Waals surface area (Å²) in [6, 6.07) is 0. The fourth-order valence-electron chi connectivity index (χ4n) is 0.336. The van der Waals surface area contributed by atoms with Crippen LogP contribution >= 0.6 is 0 Å². The fraction of sp³-hybridized carbons (Fsp3) is 1.00. The lowest BCUT2D eigenvalue weighted by Crippen LogP contribution is -2.23. The van der Waals surface area contributed by atoms with Crippen molar-refractivity contribution in [3.63, 3.8) is 0 Å². The summed E-state index contributed by atoms with van der Waals surface area (Å²) in [5.41, 5.74) is 0. The maximum absolute atomic E-state index is 10.1. The summed E-state index contributed by atoms with van der Waals surface area (Å²) < 4.78 is 24.5. The highest BCUT2D eigenvalue weighted by Crippen LogP contribution is 1.82. The smallest absolute Gasteiger partial charge is 0.307 e. The van der Waals surface area contributed by atoms with E-state index < -0.39 is 10.3 Å². The predicted octanol–water partition coefficient (Wildman–Crippen LogP) is -1.23. The van der Waals surface area contributed by atoms with E-state index in [0.717, 1.165) is 0 Å². The Morgan fingerprint density at radius 2 is 2.00 bits per heavy atom. The van der Waals surface area contributed by atoms with Crippen molar-refractivity contribution in [1.29, 1.82) is 0 Å². The van der Waals surface area contributed by atoms with E-state index in [4.69, 9.17) is 0 Å². The molecule has 0 radical (unpaired) electrons. The molecular weight excluding hydrogens is 156 g/mol. The molecule has 0 heterocycles. The third kappa shape index (κ3) is 7.83. The van der Waals surface area contributed by atoms with E-state index in [1.54, 1.807) is 4.90 Å². The largest absolute Gasteiger partial charge is 0.333 e. The van der Waals surface area contributed by atoms with E-state index in [1.807, 2.05) is 14.1 Å². The zero-order valence-corrected chi connectivity index (χ0v) is 6.89. The van der Waals surface area contributed by atoms with E-state index >= 15 is 0 Å². The second kappa shape index (κ2) is 3.87. The molecule has 0 aliphatic rings. The molecule has 0 aromatic carbocycles. The van der Waals surface area contributed by atoms with Gasteiger partial charge in [0.05, 0.1) is 6.61 Å². The van der Waals surface area contributed by atoms with Crippen molar-refractivity contribution >= 4 is 10.3 Å². The van der Waals surface area contributed by atoms with Crippen LogP contribution in [0.2, 0.25) is 0 Å². The van der Waals surface area contributed by atoms with Crippen LogP contribution in [-0.4, -0.2) is 40.6 Å². The van der Waals surface area contributed by atoms with Crippen LogP contribution in [0.15, 0.2) is 0 Å². The molecule has 0 bridgehead atoms. The number of hydrogen-bond acceptors (Lipinski definition) is 4. The van der Waals surface area contributed by atoms with Crippen LogP contribution in [0, 0.1) is 0 Å². The van der Waals surface area contributed by atoms with E-state index in [1.165, 1.54) is 0 Å². The highest BCUT2D eigenvalue weighted by atomic mass is 32.2. The molecule has 2 N–H and O–H groups in total. The molecule has 0 rings (SSSR count). The van der Waals surface area contributed by atoms with Crippen molar-refractivity contribution < 1.29 is 12.6 Å². The fourth-order valence-corrected chi connectivity index (χ4v) is 0.643. The Kier molecular flexibility index (Phi) is 3.80. The van der Waals surface area contributed by atoms with Crippen LogP contribution < -0.4 is 5.14 Å². The minimum atomic E-state index is -3.75. The van der Waals surface area contributed by atoms with Crippen molar-refractivity contribution in [2.75, 3.05) is 27.2 Å². The topological polar surface area (TPSA) is 72.6 Å². The van der Waals surface area contributed by atoms with Crippen molar-refractivity contribution in [2.45, 2.75) is 0 Å². The minimum absolute atomic E-state index is 0.103. The van der Waals surface area contributed by atoms with Crippen LogP contribution in [0.3, 0.4) is 0 Å². The van der Waals surface area contributed by atoms with Gasteiger partial charge in [0, 0.05) is 6.54 Å². The average molecular weight is 168 g/mol. The Hall–Kier alpha value is -0.170. The van der Waals surface area contributed by atoms with E-state index in [9.17, 15) is 8.42 Å². The van der Waals surface area contributed by atoms with Crippen LogP contribution in [-0.2, 0) is 14.5 Å². The maximum atomic E-state index is 10.1. The van der Waals surface area contributed by atoms with Crippen molar-refractivity contribution in [2.24, 2.45) is 5.14 Å². The summed E-state index contributed by atoms with van der Waals surface area (Å²) in [6.45, 7) is 0.641. The quantitative estimate of drug-likeness (QED) is 0.570. The Balaban J connectivity index is 3.39. The minimum Gasteiger partial charge on any atom is -0.307 e. The maximum Gasteiger partial charge on any atom is 0.333 e.